The molecule has 0 aromatic heterocycles. The number of carboxylic acid groups (broad SMARTS) is 1. The second-order valence-corrected chi connectivity index (χ2v) is 13.4. The SMILES string of the molecule is CC(=NC(c1ccccc1)c1ccccc1)c1cccc2ccccc12.CC(=O)O.CC(=O)c1cccc2ccccc12.NC(c1ccccc1)c1ccccc1. The van der Waals surface area contributed by atoms with Gasteiger partial charge in [-0.1, -0.05) is 206 Å². The molecule has 8 aromatic rings. The molecule has 0 saturated heterocycles. The van der Waals surface area contributed by atoms with Crippen LogP contribution in [0, 0.1) is 0 Å². The summed E-state index contributed by atoms with van der Waals surface area (Å²) < 4.78 is 0. The number of benzene rings is 8. The lowest BCUT2D eigenvalue weighted by Crippen LogP contribution is -2.11. The highest BCUT2D eigenvalue weighted by atomic mass is 16.4. The number of aliphatic carboxylic acids is 1. The molecule has 0 fully saturated rings. The molecule has 8 aromatic carbocycles. The Labute approximate surface area is 335 Å². The Balaban J connectivity index is 0.000000169. The molecule has 0 spiro atoms. The fourth-order valence-corrected chi connectivity index (χ4v) is 6.46. The van der Waals surface area contributed by atoms with Crippen molar-refractivity contribution in [1.82, 2.24) is 0 Å². The number of carbonyl (C=O) groups is 2. The summed E-state index contributed by atoms with van der Waals surface area (Å²) in [6.07, 6.45) is 0. The lowest BCUT2D eigenvalue weighted by Gasteiger charge is -2.16. The molecular weight excluding hydrogens is 701 g/mol. The first-order chi connectivity index (χ1) is 27.7. The van der Waals surface area contributed by atoms with Gasteiger partial charge in [0.2, 0.25) is 0 Å². The molecule has 0 bridgehead atoms. The molecule has 0 aliphatic carbocycles. The van der Waals surface area contributed by atoms with Crippen molar-refractivity contribution in [3.05, 3.63) is 240 Å². The molecule has 5 nitrogen and oxygen atoms in total. The van der Waals surface area contributed by atoms with Gasteiger partial charge >= 0.3 is 0 Å². The van der Waals surface area contributed by atoms with E-state index in [1.165, 1.54) is 27.5 Å². The molecule has 3 N–H and O–H groups in total. The summed E-state index contributed by atoms with van der Waals surface area (Å²) in [7, 11) is 0. The number of nitrogens with zero attached hydrogens (tertiary/aromatic N) is 1. The number of nitrogens with two attached hydrogens (primary N) is 1. The van der Waals surface area contributed by atoms with Crippen molar-refractivity contribution in [3.63, 3.8) is 0 Å². The first-order valence-electron chi connectivity index (χ1n) is 18.9. The smallest absolute Gasteiger partial charge is 0.300 e. The van der Waals surface area contributed by atoms with Gasteiger partial charge in [-0.15, -0.1) is 0 Å². The number of carbonyl (C=O) groups excluding carboxylic acids is 1. The zero-order chi connectivity index (χ0) is 40.4. The zero-order valence-electron chi connectivity index (χ0n) is 32.6. The molecule has 0 atom stereocenters. The highest BCUT2D eigenvalue weighted by Crippen LogP contribution is 2.28. The first-order valence-corrected chi connectivity index (χ1v) is 18.9. The van der Waals surface area contributed by atoms with Gasteiger partial charge in [0.1, 0.15) is 6.04 Å². The lowest BCUT2D eigenvalue weighted by molar-refractivity contribution is -0.134. The van der Waals surface area contributed by atoms with E-state index >= 15 is 0 Å². The Morgan fingerprint density at radius 1 is 0.439 bits per heavy atom. The van der Waals surface area contributed by atoms with Crippen molar-refractivity contribution >= 4 is 39.0 Å². The number of hydrogen-bond donors (Lipinski definition) is 2. The van der Waals surface area contributed by atoms with Gasteiger partial charge < -0.3 is 10.8 Å². The standard InChI is InChI=1S/C25H21N.C13H13N.C12H10O.C2H4O2/c1-19(23-18-10-16-20-11-8-9-17-24(20)23)26-25(21-12-4-2-5-13-21)22-14-6-3-7-15-22;14-13(11-7-3-1-4-8-11)12-9-5-2-6-10-12;1-9(13)11-8-4-6-10-5-2-3-7-12(10)11;1-2(3)4/h2-18,25H,1H3;1-10,13H,14H2;2-8H,1H3;1H3,(H,3,4). The van der Waals surface area contributed by atoms with E-state index in [0.717, 1.165) is 40.1 Å². The summed E-state index contributed by atoms with van der Waals surface area (Å²) in [4.78, 5) is 25.4. The molecule has 0 aliphatic heterocycles. The van der Waals surface area contributed by atoms with Gasteiger partial charge in [0, 0.05) is 23.8 Å². The zero-order valence-corrected chi connectivity index (χ0v) is 32.6. The van der Waals surface area contributed by atoms with Crippen LogP contribution < -0.4 is 5.73 Å². The third kappa shape index (κ3) is 12.0. The number of hydrogen-bond acceptors (Lipinski definition) is 4. The average molecular weight is 749 g/mol. The Morgan fingerprint density at radius 3 is 1.16 bits per heavy atom. The minimum Gasteiger partial charge on any atom is -0.481 e. The van der Waals surface area contributed by atoms with Gasteiger partial charge in [0.25, 0.3) is 5.97 Å². The normalized spacial score (nSPS) is 10.7. The van der Waals surface area contributed by atoms with Crippen molar-refractivity contribution in [2.24, 2.45) is 10.7 Å². The molecule has 0 saturated carbocycles. The van der Waals surface area contributed by atoms with E-state index in [4.69, 9.17) is 20.6 Å². The third-order valence-electron chi connectivity index (χ3n) is 9.22. The predicted molar refractivity (Wildman–Crippen MR) is 237 cm³/mol. The van der Waals surface area contributed by atoms with Crippen LogP contribution in [0.2, 0.25) is 0 Å². The van der Waals surface area contributed by atoms with Gasteiger partial charge in [-0.05, 0) is 57.6 Å². The number of aliphatic imine (C=N–C) groups is 1. The van der Waals surface area contributed by atoms with Crippen LogP contribution in [0.4, 0.5) is 0 Å². The summed E-state index contributed by atoms with van der Waals surface area (Å²) in [5, 5.41) is 12.1. The van der Waals surface area contributed by atoms with Crippen LogP contribution in [0.15, 0.2) is 211 Å². The fourth-order valence-electron chi connectivity index (χ4n) is 6.46. The second-order valence-electron chi connectivity index (χ2n) is 13.4. The van der Waals surface area contributed by atoms with Gasteiger partial charge in [-0.2, -0.15) is 0 Å². The molecule has 0 radical (unpaired) electrons. The van der Waals surface area contributed by atoms with E-state index in [1.54, 1.807) is 6.92 Å². The Kier molecular flexibility index (Phi) is 15.3. The summed E-state index contributed by atoms with van der Waals surface area (Å²) in [5.74, 6) is -0.711. The molecule has 0 unspecified atom stereocenters. The summed E-state index contributed by atoms with van der Waals surface area (Å²) in [6, 6.07) is 69.9. The van der Waals surface area contributed by atoms with Crippen molar-refractivity contribution in [1.29, 1.82) is 0 Å². The molecule has 0 aliphatic rings. The van der Waals surface area contributed by atoms with E-state index in [0.29, 0.717) is 0 Å². The second kappa shape index (κ2) is 21.2. The third-order valence-corrected chi connectivity index (χ3v) is 9.22. The van der Waals surface area contributed by atoms with Crippen LogP contribution in [0.25, 0.3) is 21.5 Å². The maximum atomic E-state index is 11.3. The minimum absolute atomic E-state index is 0.00336. The van der Waals surface area contributed by atoms with E-state index in [-0.39, 0.29) is 17.9 Å². The van der Waals surface area contributed by atoms with Gasteiger partial charge in [0.15, 0.2) is 5.78 Å². The first kappa shape index (κ1) is 41.2. The average Bonchev–Trinajstić information content (AvgIpc) is 3.26. The number of carboxylic acids is 1. The molecule has 284 valence electrons. The molecule has 57 heavy (non-hydrogen) atoms. The number of fused-ring (bicyclic) bond motifs is 2. The highest BCUT2D eigenvalue weighted by molar-refractivity contribution is 6.10. The van der Waals surface area contributed by atoms with Crippen LogP contribution in [0.3, 0.4) is 0 Å². The topological polar surface area (TPSA) is 92.7 Å². The Morgan fingerprint density at radius 2 is 0.754 bits per heavy atom. The summed E-state index contributed by atoms with van der Waals surface area (Å²) in [5.41, 5.74) is 13.9. The van der Waals surface area contributed by atoms with Crippen LogP contribution >= 0.6 is 0 Å². The number of Topliss-reactive ketones (excluding diaryl/α,β-unsaturated/α-hetero) is 1. The van der Waals surface area contributed by atoms with Gasteiger partial charge in [-0.25, -0.2) is 0 Å². The molecular formula is C52H48N2O3. The van der Waals surface area contributed by atoms with Crippen molar-refractivity contribution in [3.8, 4) is 0 Å². The van der Waals surface area contributed by atoms with Crippen LogP contribution in [-0.2, 0) is 4.79 Å². The van der Waals surface area contributed by atoms with Gasteiger partial charge in [0.05, 0.1) is 6.04 Å². The van der Waals surface area contributed by atoms with E-state index in [1.807, 2.05) is 91.0 Å². The van der Waals surface area contributed by atoms with Gasteiger partial charge in [-0.3, -0.25) is 14.6 Å². The van der Waals surface area contributed by atoms with Crippen molar-refractivity contribution < 1.29 is 14.7 Å². The van der Waals surface area contributed by atoms with Crippen LogP contribution in [0.1, 0.15) is 71.0 Å². The minimum atomic E-state index is -0.833. The van der Waals surface area contributed by atoms with Crippen LogP contribution in [-0.4, -0.2) is 22.6 Å². The molecule has 8 rings (SSSR count). The number of rotatable bonds is 7. The quantitative estimate of drug-likeness (QED) is 0.125. The summed E-state index contributed by atoms with van der Waals surface area (Å²) >= 11 is 0. The molecule has 0 amide bonds. The molecule has 5 heteroatoms. The lowest BCUT2D eigenvalue weighted by atomic mass is 9.97. The van der Waals surface area contributed by atoms with Crippen LogP contribution in [0.5, 0.6) is 0 Å². The highest BCUT2D eigenvalue weighted by Gasteiger charge is 2.14. The maximum Gasteiger partial charge on any atom is 0.300 e. The summed E-state index contributed by atoms with van der Waals surface area (Å²) in [6.45, 7) is 4.79. The fraction of sp³-hybridized carbons (Fsp3) is 0.0962. The molecule has 0 heterocycles. The van der Waals surface area contributed by atoms with E-state index in [2.05, 4.69) is 122 Å². The maximum absolute atomic E-state index is 11.3. The predicted octanol–water partition coefficient (Wildman–Crippen LogP) is 12.3. The monoisotopic (exact) mass is 748 g/mol. The van der Waals surface area contributed by atoms with E-state index < -0.39 is 5.97 Å². The van der Waals surface area contributed by atoms with Crippen molar-refractivity contribution in [2.75, 3.05) is 0 Å². The van der Waals surface area contributed by atoms with E-state index in [9.17, 15) is 4.79 Å². The largest absolute Gasteiger partial charge is 0.481 e. The number of ketones is 1. The van der Waals surface area contributed by atoms with Crippen molar-refractivity contribution in [2.45, 2.75) is 32.9 Å². The Hall–Kier alpha value is -6.95. The Bertz CT molecular complexity index is 2410.